The molecule has 1 aliphatic rings. The van der Waals surface area contributed by atoms with Gasteiger partial charge in [0, 0.05) is 26.2 Å². The number of carbonyl (C=O) groups excluding carboxylic acids is 1. The van der Waals surface area contributed by atoms with Crippen LogP contribution >= 0.6 is 0 Å². The smallest absolute Gasteiger partial charge is 0.236 e. The van der Waals surface area contributed by atoms with Crippen LogP contribution in [0.25, 0.3) is 0 Å². The third-order valence-corrected chi connectivity index (χ3v) is 3.00. The van der Waals surface area contributed by atoms with Crippen LogP contribution in [0.5, 0.6) is 0 Å². The van der Waals surface area contributed by atoms with Crippen molar-refractivity contribution in [2.24, 2.45) is 5.73 Å². The molecule has 2 N–H and O–H groups in total. The first-order valence-corrected chi connectivity index (χ1v) is 5.69. The Balaban J connectivity index is 2.00. The molecule has 1 aromatic carbocycles. The van der Waals surface area contributed by atoms with Gasteiger partial charge in [0.25, 0.3) is 0 Å². The Morgan fingerprint density at radius 1 is 1.24 bits per heavy atom. The van der Waals surface area contributed by atoms with Gasteiger partial charge in [-0.3, -0.25) is 4.79 Å². The van der Waals surface area contributed by atoms with Crippen molar-refractivity contribution in [3.63, 3.8) is 0 Å². The highest BCUT2D eigenvalue weighted by Gasteiger charge is 2.21. The molecule has 0 saturated carbocycles. The maximum Gasteiger partial charge on any atom is 0.236 e. The third-order valence-electron chi connectivity index (χ3n) is 3.00. The minimum Gasteiger partial charge on any atom is -0.366 e. The number of amides is 1. The molecule has 1 saturated heterocycles. The van der Waals surface area contributed by atoms with Gasteiger partial charge in [-0.2, -0.15) is 0 Å². The molecule has 2 rings (SSSR count). The zero-order valence-corrected chi connectivity index (χ0v) is 9.60. The second kappa shape index (κ2) is 5.14. The average molecular weight is 237 g/mol. The number of benzene rings is 1. The lowest BCUT2D eigenvalue weighted by Gasteiger charge is -2.36. The van der Waals surface area contributed by atoms with E-state index in [0.29, 0.717) is 31.9 Å². The molecule has 0 radical (unpaired) electrons. The Labute approximate surface area is 99.8 Å². The minimum atomic E-state index is -0.217. The SMILES string of the molecule is NCC(=O)N1CCN(c2ccccc2F)CC1. The van der Waals surface area contributed by atoms with E-state index in [9.17, 15) is 9.18 Å². The van der Waals surface area contributed by atoms with Gasteiger partial charge in [0.15, 0.2) is 0 Å². The molecule has 1 fully saturated rings. The van der Waals surface area contributed by atoms with Crippen molar-refractivity contribution in [1.82, 2.24) is 4.90 Å². The fraction of sp³-hybridized carbons (Fsp3) is 0.417. The molecule has 1 aromatic rings. The number of rotatable bonds is 2. The van der Waals surface area contributed by atoms with Gasteiger partial charge in [0.05, 0.1) is 12.2 Å². The number of piperazine rings is 1. The van der Waals surface area contributed by atoms with Crippen LogP contribution in [-0.4, -0.2) is 43.5 Å². The van der Waals surface area contributed by atoms with Crippen molar-refractivity contribution >= 4 is 11.6 Å². The van der Waals surface area contributed by atoms with E-state index in [0.717, 1.165) is 0 Å². The molecule has 0 atom stereocenters. The summed E-state index contributed by atoms with van der Waals surface area (Å²) in [7, 11) is 0. The number of anilines is 1. The van der Waals surface area contributed by atoms with E-state index < -0.39 is 0 Å². The molecule has 17 heavy (non-hydrogen) atoms. The van der Waals surface area contributed by atoms with Gasteiger partial charge in [-0.05, 0) is 12.1 Å². The number of halogens is 1. The highest BCUT2D eigenvalue weighted by Crippen LogP contribution is 2.19. The van der Waals surface area contributed by atoms with E-state index in [-0.39, 0.29) is 18.3 Å². The summed E-state index contributed by atoms with van der Waals surface area (Å²) >= 11 is 0. The monoisotopic (exact) mass is 237 g/mol. The van der Waals surface area contributed by atoms with E-state index in [1.807, 2.05) is 11.0 Å². The lowest BCUT2D eigenvalue weighted by molar-refractivity contribution is -0.129. The first-order valence-electron chi connectivity index (χ1n) is 5.69. The van der Waals surface area contributed by atoms with Crippen molar-refractivity contribution in [2.75, 3.05) is 37.6 Å². The standard InChI is InChI=1S/C12H16FN3O/c13-10-3-1-2-4-11(10)15-5-7-16(8-6-15)12(17)9-14/h1-4H,5-9,14H2. The molecular weight excluding hydrogens is 221 g/mol. The molecule has 0 spiro atoms. The van der Waals surface area contributed by atoms with Gasteiger partial charge >= 0.3 is 0 Å². The highest BCUT2D eigenvalue weighted by atomic mass is 19.1. The van der Waals surface area contributed by atoms with Gasteiger partial charge in [-0.15, -0.1) is 0 Å². The maximum atomic E-state index is 13.6. The second-order valence-corrected chi connectivity index (χ2v) is 4.02. The number of nitrogens with zero attached hydrogens (tertiary/aromatic N) is 2. The van der Waals surface area contributed by atoms with Crippen molar-refractivity contribution in [3.05, 3.63) is 30.1 Å². The Morgan fingerprint density at radius 3 is 2.47 bits per heavy atom. The summed E-state index contributed by atoms with van der Waals surface area (Å²) in [4.78, 5) is 15.1. The Hall–Kier alpha value is -1.62. The van der Waals surface area contributed by atoms with Crippen molar-refractivity contribution < 1.29 is 9.18 Å². The van der Waals surface area contributed by atoms with Gasteiger partial charge in [-0.1, -0.05) is 12.1 Å². The normalized spacial score (nSPS) is 16.1. The first kappa shape index (κ1) is 11.9. The molecule has 1 amide bonds. The highest BCUT2D eigenvalue weighted by molar-refractivity contribution is 5.78. The summed E-state index contributed by atoms with van der Waals surface area (Å²) in [5.41, 5.74) is 5.91. The van der Waals surface area contributed by atoms with E-state index in [4.69, 9.17) is 5.73 Å². The minimum absolute atomic E-state index is 0.0414. The molecule has 1 heterocycles. The molecule has 4 nitrogen and oxygen atoms in total. The van der Waals surface area contributed by atoms with E-state index in [1.165, 1.54) is 6.07 Å². The average Bonchev–Trinajstić information content (AvgIpc) is 2.39. The van der Waals surface area contributed by atoms with Gasteiger partial charge < -0.3 is 15.5 Å². The molecule has 0 bridgehead atoms. The Bertz CT molecular complexity index is 402. The number of nitrogens with two attached hydrogens (primary N) is 1. The van der Waals surface area contributed by atoms with Crippen LogP contribution in [0.3, 0.4) is 0 Å². The quantitative estimate of drug-likeness (QED) is 0.811. The molecule has 92 valence electrons. The van der Waals surface area contributed by atoms with Crippen molar-refractivity contribution in [1.29, 1.82) is 0 Å². The molecule has 0 aromatic heterocycles. The van der Waals surface area contributed by atoms with Crippen LogP contribution in [0.1, 0.15) is 0 Å². The molecule has 0 unspecified atom stereocenters. The lowest BCUT2D eigenvalue weighted by Crippen LogP contribution is -2.50. The Morgan fingerprint density at radius 2 is 1.88 bits per heavy atom. The predicted octanol–water partition coefficient (Wildman–Crippen LogP) is 0.433. The summed E-state index contributed by atoms with van der Waals surface area (Å²) in [6.07, 6.45) is 0. The van der Waals surface area contributed by atoms with E-state index in [2.05, 4.69) is 0 Å². The van der Waals surface area contributed by atoms with Crippen LogP contribution in [0.2, 0.25) is 0 Å². The maximum absolute atomic E-state index is 13.6. The Kier molecular flexibility index (Phi) is 3.58. The zero-order valence-electron chi connectivity index (χ0n) is 9.60. The second-order valence-electron chi connectivity index (χ2n) is 4.02. The van der Waals surface area contributed by atoms with E-state index >= 15 is 0 Å². The fourth-order valence-electron chi connectivity index (χ4n) is 2.03. The number of carbonyl (C=O) groups is 1. The summed E-state index contributed by atoms with van der Waals surface area (Å²) < 4.78 is 13.6. The summed E-state index contributed by atoms with van der Waals surface area (Å²) in [6, 6.07) is 6.70. The third kappa shape index (κ3) is 2.55. The van der Waals surface area contributed by atoms with Gasteiger partial charge in [-0.25, -0.2) is 4.39 Å². The predicted molar refractivity (Wildman–Crippen MR) is 64.2 cm³/mol. The van der Waals surface area contributed by atoms with Crippen molar-refractivity contribution in [3.8, 4) is 0 Å². The van der Waals surface area contributed by atoms with Crippen LogP contribution in [0, 0.1) is 5.82 Å². The van der Waals surface area contributed by atoms with Crippen LogP contribution in [0.4, 0.5) is 10.1 Å². The molecule has 1 aliphatic heterocycles. The number of para-hydroxylation sites is 1. The largest absolute Gasteiger partial charge is 0.366 e. The lowest BCUT2D eigenvalue weighted by atomic mass is 10.2. The van der Waals surface area contributed by atoms with Crippen LogP contribution < -0.4 is 10.6 Å². The topological polar surface area (TPSA) is 49.6 Å². The molecule has 5 heteroatoms. The summed E-state index contributed by atoms with van der Waals surface area (Å²) in [5, 5.41) is 0. The van der Waals surface area contributed by atoms with Gasteiger partial charge in [0.2, 0.25) is 5.91 Å². The zero-order chi connectivity index (χ0) is 12.3. The summed E-state index contributed by atoms with van der Waals surface area (Å²) in [5.74, 6) is -0.260. The van der Waals surface area contributed by atoms with E-state index in [1.54, 1.807) is 17.0 Å². The van der Waals surface area contributed by atoms with Crippen LogP contribution in [-0.2, 0) is 4.79 Å². The first-order chi connectivity index (χ1) is 8.22. The van der Waals surface area contributed by atoms with Crippen molar-refractivity contribution in [2.45, 2.75) is 0 Å². The fourth-order valence-corrected chi connectivity index (χ4v) is 2.03. The van der Waals surface area contributed by atoms with Gasteiger partial charge in [0.1, 0.15) is 5.82 Å². The molecule has 0 aliphatic carbocycles. The van der Waals surface area contributed by atoms with Crippen LogP contribution in [0.15, 0.2) is 24.3 Å². The summed E-state index contributed by atoms with van der Waals surface area (Å²) in [6.45, 7) is 2.54. The number of hydrogen-bond donors (Lipinski definition) is 1. The molecular formula is C12H16FN3O. The number of hydrogen-bond acceptors (Lipinski definition) is 3.